The lowest BCUT2D eigenvalue weighted by Crippen LogP contribution is -1.88. The summed E-state index contributed by atoms with van der Waals surface area (Å²) in [5.74, 6) is 1.54. The van der Waals surface area contributed by atoms with Crippen molar-refractivity contribution in [2.75, 3.05) is 14.2 Å². The fourth-order valence-corrected chi connectivity index (χ4v) is 1.84. The summed E-state index contributed by atoms with van der Waals surface area (Å²) in [5, 5.41) is 0. The van der Waals surface area contributed by atoms with Crippen LogP contribution in [0.4, 0.5) is 0 Å². The van der Waals surface area contributed by atoms with Crippen LogP contribution in [0.25, 0.3) is 12.2 Å². The van der Waals surface area contributed by atoms with Gasteiger partial charge in [-0.2, -0.15) is 0 Å². The fourth-order valence-electron chi connectivity index (χ4n) is 1.60. The smallest absolute Gasteiger partial charge is 0.123 e. The second-order valence-corrected chi connectivity index (χ2v) is 4.71. The highest BCUT2D eigenvalue weighted by Crippen LogP contribution is 2.23. The Balaban J connectivity index is 2.24. The maximum atomic E-state index is 5.23. The SMILES string of the molecule is COc1cc(/C=C\c2ccc(Br)nc2)cc(OC)c1. The van der Waals surface area contributed by atoms with Gasteiger partial charge in [-0.3, -0.25) is 0 Å². The van der Waals surface area contributed by atoms with Gasteiger partial charge in [0.2, 0.25) is 0 Å². The minimum absolute atomic E-state index is 0.771. The van der Waals surface area contributed by atoms with Crippen molar-refractivity contribution in [1.29, 1.82) is 0 Å². The Bertz CT molecular complexity index is 557. The predicted octanol–water partition coefficient (Wildman–Crippen LogP) is 4.03. The first kappa shape index (κ1) is 13.6. The minimum atomic E-state index is 0.771. The van der Waals surface area contributed by atoms with E-state index in [0.717, 1.165) is 27.2 Å². The zero-order valence-electron chi connectivity index (χ0n) is 10.8. The van der Waals surface area contributed by atoms with Crippen molar-refractivity contribution in [2.24, 2.45) is 0 Å². The summed E-state index contributed by atoms with van der Waals surface area (Å²) in [6.45, 7) is 0. The van der Waals surface area contributed by atoms with Crippen molar-refractivity contribution in [2.45, 2.75) is 0 Å². The second kappa shape index (κ2) is 6.38. The van der Waals surface area contributed by atoms with Gasteiger partial charge in [-0.05, 0) is 45.3 Å². The summed E-state index contributed by atoms with van der Waals surface area (Å²) in [7, 11) is 3.28. The molecule has 0 fully saturated rings. The van der Waals surface area contributed by atoms with Gasteiger partial charge < -0.3 is 9.47 Å². The van der Waals surface area contributed by atoms with Crippen LogP contribution in [0.1, 0.15) is 11.1 Å². The number of aromatic nitrogens is 1. The van der Waals surface area contributed by atoms with Crippen LogP contribution in [0.3, 0.4) is 0 Å². The second-order valence-electron chi connectivity index (χ2n) is 3.89. The lowest BCUT2D eigenvalue weighted by atomic mass is 10.1. The van der Waals surface area contributed by atoms with Crippen LogP contribution in [0, 0.1) is 0 Å². The molecule has 0 saturated heterocycles. The van der Waals surface area contributed by atoms with Gasteiger partial charge in [0.15, 0.2) is 0 Å². The van der Waals surface area contributed by atoms with Crippen molar-refractivity contribution < 1.29 is 9.47 Å². The fraction of sp³-hybridized carbons (Fsp3) is 0.133. The van der Waals surface area contributed by atoms with Crippen molar-refractivity contribution in [3.63, 3.8) is 0 Å². The van der Waals surface area contributed by atoms with E-state index in [-0.39, 0.29) is 0 Å². The standard InChI is InChI=1S/C15H14BrNO2/c1-18-13-7-12(8-14(9-13)19-2)4-3-11-5-6-15(16)17-10-11/h3-10H,1-2H3/b4-3-. The first-order valence-corrected chi connectivity index (χ1v) is 6.53. The molecule has 0 atom stereocenters. The summed E-state index contributed by atoms with van der Waals surface area (Å²) in [5.41, 5.74) is 2.05. The molecular formula is C15H14BrNO2. The molecule has 1 aromatic carbocycles. The molecule has 0 N–H and O–H groups in total. The van der Waals surface area contributed by atoms with Crippen LogP contribution in [-0.4, -0.2) is 19.2 Å². The number of hydrogen-bond donors (Lipinski definition) is 0. The third kappa shape index (κ3) is 3.83. The Kier molecular flexibility index (Phi) is 4.58. The maximum Gasteiger partial charge on any atom is 0.123 e. The van der Waals surface area contributed by atoms with Gasteiger partial charge in [0.05, 0.1) is 14.2 Å². The van der Waals surface area contributed by atoms with Gasteiger partial charge >= 0.3 is 0 Å². The molecule has 4 heteroatoms. The Labute approximate surface area is 121 Å². The van der Waals surface area contributed by atoms with Gasteiger partial charge in [-0.25, -0.2) is 4.98 Å². The van der Waals surface area contributed by atoms with Crippen LogP contribution in [0.2, 0.25) is 0 Å². The minimum Gasteiger partial charge on any atom is -0.497 e. The topological polar surface area (TPSA) is 31.4 Å². The summed E-state index contributed by atoms with van der Waals surface area (Å²) >= 11 is 3.31. The number of benzene rings is 1. The highest BCUT2D eigenvalue weighted by molar-refractivity contribution is 9.10. The van der Waals surface area contributed by atoms with Crippen molar-refractivity contribution in [3.8, 4) is 11.5 Å². The van der Waals surface area contributed by atoms with E-state index >= 15 is 0 Å². The number of methoxy groups -OCH3 is 2. The molecule has 0 aliphatic carbocycles. The number of hydrogen-bond acceptors (Lipinski definition) is 3. The average Bonchev–Trinajstić information content (AvgIpc) is 2.46. The lowest BCUT2D eigenvalue weighted by Gasteiger charge is -2.05. The summed E-state index contributed by atoms with van der Waals surface area (Å²) in [6, 6.07) is 9.64. The van der Waals surface area contributed by atoms with Crippen molar-refractivity contribution in [1.82, 2.24) is 4.98 Å². The van der Waals surface area contributed by atoms with E-state index in [1.165, 1.54) is 0 Å². The predicted molar refractivity (Wildman–Crippen MR) is 80.4 cm³/mol. The van der Waals surface area contributed by atoms with E-state index in [9.17, 15) is 0 Å². The molecule has 0 spiro atoms. The van der Waals surface area contributed by atoms with Gasteiger partial charge in [-0.15, -0.1) is 0 Å². The molecule has 98 valence electrons. The Hall–Kier alpha value is -1.81. The molecule has 1 aromatic heterocycles. The van der Waals surface area contributed by atoms with Crippen LogP contribution in [0.15, 0.2) is 41.1 Å². The number of halogens is 1. The van der Waals surface area contributed by atoms with E-state index in [0.29, 0.717) is 0 Å². The number of pyridine rings is 1. The molecule has 3 nitrogen and oxygen atoms in total. The lowest BCUT2D eigenvalue weighted by molar-refractivity contribution is 0.394. The van der Waals surface area contributed by atoms with E-state index in [1.807, 2.05) is 42.5 Å². The normalized spacial score (nSPS) is 10.7. The van der Waals surface area contributed by atoms with E-state index in [1.54, 1.807) is 20.4 Å². The third-order valence-electron chi connectivity index (χ3n) is 2.59. The van der Waals surface area contributed by atoms with Gasteiger partial charge in [0, 0.05) is 12.3 Å². The molecule has 0 bridgehead atoms. The van der Waals surface area contributed by atoms with Crippen LogP contribution >= 0.6 is 15.9 Å². The van der Waals surface area contributed by atoms with Crippen LogP contribution in [0.5, 0.6) is 11.5 Å². The van der Waals surface area contributed by atoms with Crippen molar-refractivity contribution >= 4 is 28.1 Å². The Morgan fingerprint density at radius 2 is 1.58 bits per heavy atom. The number of rotatable bonds is 4. The Morgan fingerprint density at radius 3 is 2.11 bits per heavy atom. The summed E-state index contributed by atoms with van der Waals surface area (Å²) < 4.78 is 11.3. The monoisotopic (exact) mass is 319 g/mol. The molecule has 0 amide bonds. The molecule has 0 radical (unpaired) electrons. The van der Waals surface area contributed by atoms with E-state index < -0.39 is 0 Å². The van der Waals surface area contributed by atoms with Crippen molar-refractivity contribution in [3.05, 3.63) is 52.3 Å². The molecule has 0 aliphatic rings. The zero-order valence-corrected chi connectivity index (χ0v) is 12.3. The van der Waals surface area contributed by atoms with E-state index in [4.69, 9.17) is 9.47 Å². The summed E-state index contributed by atoms with van der Waals surface area (Å²) in [6.07, 6.45) is 5.79. The first-order valence-electron chi connectivity index (χ1n) is 5.74. The molecule has 19 heavy (non-hydrogen) atoms. The number of nitrogens with zero attached hydrogens (tertiary/aromatic N) is 1. The van der Waals surface area contributed by atoms with Gasteiger partial charge in [0.1, 0.15) is 16.1 Å². The molecule has 1 heterocycles. The summed E-state index contributed by atoms with van der Waals surface area (Å²) in [4.78, 5) is 4.17. The van der Waals surface area contributed by atoms with E-state index in [2.05, 4.69) is 20.9 Å². The molecule has 2 rings (SSSR count). The highest BCUT2D eigenvalue weighted by atomic mass is 79.9. The highest BCUT2D eigenvalue weighted by Gasteiger charge is 1.99. The number of ether oxygens (including phenoxy) is 2. The zero-order chi connectivity index (χ0) is 13.7. The Morgan fingerprint density at radius 1 is 0.947 bits per heavy atom. The maximum absolute atomic E-state index is 5.23. The molecular weight excluding hydrogens is 306 g/mol. The largest absolute Gasteiger partial charge is 0.497 e. The first-order chi connectivity index (χ1) is 9.21. The van der Waals surface area contributed by atoms with Crippen LogP contribution in [-0.2, 0) is 0 Å². The quantitative estimate of drug-likeness (QED) is 0.797. The van der Waals surface area contributed by atoms with Gasteiger partial charge in [0.25, 0.3) is 0 Å². The molecule has 0 unspecified atom stereocenters. The molecule has 0 saturated carbocycles. The molecule has 0 aliphatic heterocycles. The average molecular weight is 320 g/mol. The third-order valence-corrected chi connectivity index (χ3v) is 3.06. The van der Waals surface area contributed by atoms with Crippen LogP contribution < -0.4 is 9.47 Å². The van der Waals surface area contributed by atoms with Gasteiger partial charge in [-0.1, -0.05) is 18.2 Å². The molecule has 2 aromatic rings.